The van der Waals surface area contributed by atoms with Crippen LogP contribution in [-0.4, -0.2) is 10.2 Å². The molecule has 18 heavy (non-hydrogen) atoms. The van der Waals surface area contributed by atoms with Crippen molar-refractivity contribution in [1.82, 2.24) is 0 Å². The number of benzene rings is 1. The molecule has 2 nitrogen and oxygen atoms in total. The van der Waals surface area contributed by atoms with Gasteiger partial charge in [0.25, 0.3) is 0 Å². The summed E-state index contributed by atoms with van der Waals surface area (Å²) in [4.78, 5) is 0. The van der Waals surface area contributed by atoms with Gasteiger partial charge in [-0.3, -0.25) is 0 Å². The van der Waals surface area contributed by atoms with E-state index in [1.165, 1.54) is 0 Å². The van der Waals surface area contributed by atoms with Crippen LogP contribution >= 0.6 is 0 Å². The summed E-state index contributed by atoms with van der Waals surface area (Å²) in [7, 11) is 0. The summed E-state index contributed by atoms with van der Waals surface area (Å²) in [6, 6.07) is 1.95. The van der Waals surface area contributed by atoms with Gasteiger partial charge in [-0.15, -0.1) is 0 Å². The van der Waals surface area contributed by atoms with Crippen LogP contribution in [0.5, 0.6) is 11.5 Å². The van der Waals surface area contributed by atoms with Crippen LogP contribution in [0, 0.1) is 0 Å². The first-order chi connectivity index (χ1) is 8.00. The maximum Gasteiger partial charge on any atom is 0.126 e. The Labute approximate surface area is 111 Å². The third-order valence-corrected chi connectivity index (χ3v) is 3.34. The van der Waals surface area contributed by atoms with Gasteiger partial charge in [-0.05, 0) is 23.3 Å². The van der Waals surface area contributed by atoms with Crippen molar-refractivity contribution in [3.8, 4) is 11.5 Å². The van der Waals surface area contributed by atoms with Crippen molar-refractivity contribution in [1.29, 1.82) is 0 Å². The van der Waals surface area contributed by atoms with E-state index in [1.807, 2.05) is 13.0 Å². The Balaban J connectivity index is 3.68. The van der Waals surface area contributed by atoms with Crippen LogP contribution < -0.4 is 0 Å². The van der Waals surface area contributed by atoms with Gasteiger partial charge in [-0.2, -0.15) is 0 Å². The topological polar surface area (TPSA) is 40.5 Å². The zero-order valence-corrected chi connectivity index (χ0v) is 12.7. The Kier molecular flexibility index (Phi) is 3.71. The van der Waals surface area contributed by atoms with E-state index < -0.39 is 0 Å². The van der Waals surface area contributed by atoms with Gasteiger partial charge >= 0.3 is 0 Å². The predicted octanol–water partition coefficient (Wildman–Crippen LogP) is 4.26. The molecule has 0 fully saturated rings. The number of phenolic OH excluding ortho intramolecular Hbond substituents is 2. The van der Waals surface area contributed by atoms with E-state index in [0.29, 0.717) is 12.0 Å². The molecule has 0 aliphatic carbocycles. The lowest BCUT2D eigenvalue weighted by Crippen LogP contribution is -2.17. The average Bonchev–Trinajstić information content (AvgIpc) is 2.14. The van der Waals surface area contributed by atoms with Crippen molar-refractivity contribution in [3.05, 3.63) is 22.8 Å². The van der Waals surface area contributed by atoms with E-state index in [-0.39, 0.29) is 22.3 Å². The highest BCUT2D eigenvalue weighted by Gasteiger charge is 2.28. The summed E-state index contributed by atoms with van der Waals surface area (Å²) in [6.07, 6.45) is 0.630. The number of aromatic hydroxyl groups is 2. The van der Waals surface area contributed by atoms with Crippen LogP contribution in [0.15, 0.2) is 6.07 Å². The van der Waals surface area contributed by atoms with Crippen LogP contribution in [0.2, 0.25) is 0 Å². The van der Waals surface area contributed by atoms with Gasteiger partial charge in [0.1, 0.15) is 11.5 Å². The van der Waals surface area contributed by atoms with E-state index in [1.54, 1.807) is 0 Å². The van der Waals surface area contributed by atoms with Crippen molar-refractivity contribution >= 4 is 0 Å². The lowest BCUT2D eigenvalue weighted by molar-refractivity contribution is 0.408. The fourth-order valence-electron chi connectivity index (χ4n) is 2.20. The first-order valence-electron chi connectivity index (χ1n) is 6.59. The molecule has 1 rings (SSSR count). The van der Waals surface area contributed by atoms with E-state index in [0.717, 1.165) is 11.1 Å². The third-order valence-electron chi connectivity index (χ3n) is 3.34. The fourth-order valence-corrected chi connectivity index (χ4v) is 2.20. The molecule has 1 aromatic carbocycles. The van der Waals surface area contributed by atoms with Crippen LogP contribution in [0.1, 0.15) is 65.2 Å². The Hall–Kier alpha value is -1.18. The summed E-state index contributed by atoms with van der Waals surface area (Å²) >= 11 is 0. The molecule has 0 unspecified atom stereocenters. The molecule has 0 atom stereocenters. The molecule has 102 valence electrons. The molecule has 0 heterocycles. The molecule has 2 heteroatoms. The SMILES string of the molecule is CCc1c(O)c(C(C)(C)C)cc(C(C)(C)C)c1O. The minimum Gasteiger partial charge on any atom is -0.507 e. The standard InChI is InChI=1S/C16H26O2/c1-8-10-13(17)11(15(2,3)4)9-12(14(10)18)16(5,6)7/h9,17-18H,8H2,1-7H3. The minimum absolute atomic E-state index is 0.137. The molecule has 0 bridgehead atoms. The van der Waals surface area contributed by atoms with Crippen LogP contribution in [0.3, 0.4) is 0 Å². The average molecular weight is 250 g/mol. The van der Waals surface area contributed by atoms with E-state index in [4.69, 9.17) is 0 Å². The van der Waals surface area contributed by atoms with Crippen molar-refractivity contribution in [2.45, 2.75) is 65.7 Å². The lowest BCUT2D eigenvalue weighted by atomic mass is 9.78. The van der Waals surface area contributed by atoms with Gasteiger partial charge in [0.05, 0.1) is 0 Å². The van der Waals surface area contributed by atoms with Gasteiger partial charge in [-0.1, -0.05) is 48.5 Å². The van der Waals surface area contributed by atoms with Crippen LogP contribution in [0.25, 0.3) is 0 Å². The quantitative estimate of drug-likeness (QED) is 0.782. The molecule has 0 saturated heterocycles. The molecule has 0 aromatic heterocycles. The summed E-state index contributed by atoms with van der Waals surface area (Å²) in [5, 5.41) is 20.7. The first kappa shape index (κ1) is 14.9. The second-order valence-corrected chi connectivity index (χ2v) is 7.00. The summed E-state index contributed by atoms with van der Waals surface area (Å²) in [6.45, 7) is 14.4. The highest BCUT2D eigenvalue weighted by atomic mass is 16.3. The summed E-state index contributed by atoms with van der Waals surface area (Å²) in [5.41, 5.74) is 2.19. The van der Waals surface area contributed by atoms with Gasteiger partial charge in [0.2, 0.25) is 0 Å². The molecule has 0 radical (unpaired) electrons. The molecule has 1 aromatic rings. The van der Waals surface area contributed by atoms with Crippen molar-refractivity contribution < 1.29 is 10.2 Å². The van der Waals surface area contributed by atoms with Gasteiger partial charge < -0.3 is 10.2 Å². The Morgan fingerprint density at radius 2 is 1.17 bits per heavy atom. The van der Waals surface area contributed by atoms with Gasteiger partial charge in [0, 0.05) is 16.7 Å². The highest BCUT2D eigenvalue weighted by molar-refractivity contribution is 5.57. The monoisotopic (exact) mass is 250 g/mol. The second-order valence-electron chi connectivity index (χ2n) is 7.00. The van der Waals surface area contributed by atoms with E-state index in [9.17, 15) is 10.2 Å². The minimum atomic E-state index is -0.137. The molecule has 2 N–H and O–H groups in total. The molecular weight excluding hydrogens is 224 g/mol. The third kappa shape index (κ3) is 2.63. The Bertz CT molecular complexity index is 407. The Morgan fingerprint density at radius 3 is 1.39 bits per heavy atom. The van der Waals surface area contributed by atoms with Gasteiger partial charge in [-0.25, -0.2) is 0 Å². The number of hydrogen-bond donors (Lipinski definition) is 2. The smallest absolute Gasteiger partial charge is 0.126 e. The van der Waals surface area contributed by atoms with Gasteiger partial charge in [0.15, 0.2) is 0 Å². The second kappa shape index (κ2) is 4.49. The molecule has 0 aliphatic rings. The number of hydrogen-bond acceptors (Lipinski definition) is 2. The molecular formula is C16H26O2. The van der Waals surface area contributed by atoms with E-state index in [2.05, 4.69) is 41.5 Å². The predicted molar refractivity (Wildman–Crippen MR) is 76.5 cm³/mol. The summed E-state index contributed by atoms with van der Waals surface area (Å²) in [5.74, 6) is 0.492. The molecule has 0 spiro atoms. The zero-order chi connectivity index (χ0) is 14.3. The Morgan fingerprint density at radius 1 is 0.833 bits per heavy atom. The number of phenols is 2. The summed E-state index contributed by atoms with van der Waals surface area (Å²) < 4.78 is 0. The molecule has 0 aliphatic heterocycles. The largest absolute Gasteiger partial charge is 0.507 e. The van der Waals surface area contributed by atoms with Crippen molar-refractivity contribution in [2.24, 2.45) is 0 Å². The maximum absolute atomic E-state index is 10.3. The van der Waals surface area contributed by atoms with Crippen molar-refractivity contribution in [2.75, 3.05) is 0 Å². The fraction of sp³-hybridized carbons (Fsp3) is 0.625. The van der Waals surface area contributed by atoms with Crippen molar-refractivity contribution in [3.63, 3.8) is 0 Å². The van der Waals surface area contributed by atoms with Crippen LogP contribution in [0.4, 0.5) is 0 Å². The molecule has 0 amide bonds. The normalized spacial score (nSPS) is 12.8. The first-order valence-corrected chi connectivity index (χ1v) is 6.59. The maximum atomic E-state index is 10.3. The van der Waals surface area contributed by atoms with Crippen LogP contribution in [-0.2, 0) is 17.3 Å². The van der Waals surface area contributed by atoms with E-state index >= 15 is 0 Å². The number of rotatable bonds is 1. The zero-order valence-electron chi connectivity index (χ0n) is 12.7. The highest BCUT2D eigenvalue weighted by Crippen LogP contribution is 2.43. The lowest BCUT2D eigenvalue weighted by Gasteiger charge is -2.28. The molecule has 0 saturated carbocycles.